The van der Waals surface area contributed by atoms with E-state index in [1.165, 1.54) is 0 Å². The first-order chi connectivity index (χ1) is 10.2. The number of nitrogens with two attached hydrogens (primary N) is 1. The van der Waals surface area contributed by atoms with Crippen molar-refractivity contribution in [1.82, 2.24) is 4.90 Å². The van der Waals surface area contributed by atoms with Crippen LogP contribution in [0.4, 0.5) is 5.69 Å². The van der Waals surface area contributed by atoms with Crippen molar-refractivity contribution in [3.05, 3.63) is 24.3 Å². The van der Waals surface area contributed by atoms with Gasteiger partial charge in [-0.2, -0.15) is 5.26 Å². The Bertz CT molecular complexity index is 431. The number of nitrogen functional groups attached to an aromatic ring is 1. The second-order valence-corrected chi connectivity index (χ2v) is 4.74. The van der Waals surface area contributed by atoms with Crippen LogP contribution in [0.15, 0.2) is 24.3 Å². The quantitative estimate of drug-likeness (QED) is 0.622. The van der Waals surface area contributed by atoms with Gasteiger partial charge in [0.1, 0.15) is 18.5 Å². The Morgan fingerprint density at radius 1 is 1.33 bits per heavy atom. The second kappa shape index (κ2) is 10.00. The highest BCUT2D eigenvalue weighted by Gasteiger charge is 2.12. The van der Waals surface area contributed by atoms with Gasteiger partial charge >= 0.3 is 0 Å². The zero-order valence-electron chi connectivity index (χ0n) is 12.4. The summed E-state index contributed by atoms with van der Waals surface area (Å²) < 4.78 is 10.5. The number of methoxy groups -OCH3 is 1. The van der Waals surface area contributed by atoms with Gasteiger partial charge in [-0.25, -0.2) is 0 Å². The summed E-state index contributed by atoms with van der Waals surface area (Å²) in [6.45, 7) is 2.49. The molecule has 1 aromatic carbocycles. The van der Waals surface area contributed by atoms with Crippen molar-refractivity contribution in [2.45, 2.75) is 12.5 Å². The Labute approximate surface area is 125 Å². The Morgan fingerprint density at radius 2 is 2.05 bits per heavy atom. The van der Waals surface area contributed by atoms with Crippen LogP contribution in [0.3, 0.4) is 0 Å². The van der Waals surface area contributed by atoms with E-state index in [1.54, 1.807) is 31.4 Å². The lowest BCUT2D eigenvalue weighted by atomic mass is 10.3. The van der Waals surface area contributed by atoms with E-state index in [0.29, 0.717) is 44.1 Å². The zero-order chi connectivity index (χ0) is 15.5. The number of aliphatic hydroxyl groups is 1. The number of anilines is 1. The molecule has 116 valence electrons. The second-order valence-electron chi connectivity index (χ2n) is 4.74. The van der Waals surface area contributed by atoms with E-state index < -0.39 is 6.10 Å². The van der Waals surface area contributed by atoms with Gasteiger partial charge in [0.25, 0.3) is 0 Å². The number of benzene rings is 1. The van der Waals surface area contributed by atoms with Crippen molar-refractivity contribution in [3.63, 3.8) is 0 Å². The first kappa shape index (κ1) is 17.2. The first-order valence-electron chi connectivity index (χ1n) is 6.90. The third-order valence-corrected chi connectivity index (χ3v) is 2.94. The molecule has 6 nitrogen and oxygen atoms in total. The van der Waals surface area contributed by atoms with Crippen molar-refractivity contribution in [3.8, 4) is 11.8 Å². The highest BCUT2D eigenvalue weighted by molar-refractivity contribution is 5.41. The summed E-state index contributed by atoms with van der Waals surface area (Å²) in [5.41, 5.74) is 6.26. The summed E-state index contributed by atoms with van der Waals surface area (Å²) >= 11 is 0. The van der Waals surface area contributed by atoms with Crippen LogP contribution in [0.1, 0.15) is 6.42 Å². The molecule has 0 aromatic heterocycles. The zero-order valence-corrected chi connectivity index (χ0v) is 12.4. The van der Waals surface area contributed by atoms with Crippen LogP contribution >= 0.6 is 0 Å². The number of aliphatic hydroxyl groups excluding tert-OH is 1. The van der Waals surface area contributed by atoms with Crippen molar-refractivity contribution in [2.75, 3.05) is 45.7 Å². The fourth-order valence-corrected chi connectivity index (χ4v) is 1.83. The number of hydrogen-bond donors (Lipinski definition) is 2. The minimum absolute atomic E-state index is 0.194. The van der Waals surface area contributed by atoms with Crippen LogP contribution in [0.25, 0.3) is 0 Å². The lowest BCUT2D eigenvalue weighted by molar-refractivity contribution is 0.0579. The van der Waals surface area contributed by atoms with Crippen LogP contribution in [0, 0.1) is 11.3 Å². The number of nitrogens with zero attached hydrogens (tertiary/aromatic N) is 2. The normalized spacial score (nSPS) is 12.1. The van der Waals surface area contributed by atoms with Gasteiger partial charge in [0.05, 0.1) is 12.7 Å². The molecule has 0 spiro atoms. The van der Waals surface area contributed by atoms with E-state index in [-0.39, 0.29) is 6.61 Å². The number of ether oxygens (including phenoxy) is 2. The van der Waals surface area contributed by atoms with Gasteiger partial charge in [-0.1, -0.05) is 0 Å². The molecule has 0 fully saturated rings. The number of rotatable bonds is 10. The van der Waals surface area contributed by atoms with Crippen molar-refractivity contribution in [2.24, 2.45) is 0 Å². The Morgan fingerprint density at radius 3 is 2.67 bits per heavy atom. The van der Waals surface area contributed by atoms with Crippen LogP contribution in [0.5, 0.6) is 5.75 Å². The average Bonchev–Trinajstić information content (AvgIpc) is 2.49. The minimum atomic E-state index is -0.627. The lowest BCUT2D eigenvalue weighted by Crippen LogP contribution is -2.38. The fourth-order valence-electron chi connectivity index (χ4n) is 1.83. The van der Waals surface area contributed by atoms with Crippen LogP contribution in [-0.4, -0.2) is 56.1 Å². The Balaban J connectivity index is 2.36. The van der Waals surface area contributed by atoms with Crippen LogP contribution < -0.4 is 10.5 Å². The Kier molecular flexibility index (Phi) is 8.21. The first-order valence-corrected chi connectivity index (χ1v) is 6.90. The molecule has 3 N–H and O–H groups in total. The summed E-state index contributed by atoms with van der Waals surface area (Å²) in [4.78, 5) is 1.99. The third-order valence-electron chi connectivity index (χ3n) is 2.94. The largest absolute Gasteiger partial charge is 0.491 e. The summed E-state index contributed by atoms with van der Waals surface area (Å²) in [5.74, 6) is 0.670. The lowest BCUT2D eigenvalue weighted by Gasteiger charge is -2.23. The van der Waals surface area contributed by atoms with Crippen LogP contribution in [-0.2, 0) is 4.74 Å². The van der Waals surface area contributed by atoms with Gasteiger partial charge in [0, 0.05) is 38.9 Å². The predicted octanol–water partition coefficient (Wildman–Crippen LogP) is 0.871. The van der Waals surface area contributed by atoms with Gasteiger partial charge in [-0.05, 0) is 24.3 Å². The molecule has 6 heteroatoms. The van der Waals surface area contributed by atoms with E-state index >= 15 is 0 Å². The summed E-state index contributed by atoms with van der Waals surface area (Å²) in [6.07, 6.45) is -0.201. The molecular formula is C15H23N3O3. The Hall–Kier alpha value is -1.81. The SMILES string of the molecule is COCCN(CCC#N)CC(O)COc1ccc(N)cc1. The molecule has 0 saturated heterocycles. The maximum atomic E-state index is 10.0. The number of nitriles is 1. The molecule has 0 amide bonds. The molecule has 1 atom stereocenters. The number of hydrogen-bond acceptors (Lipinski definition) is 6. The highest BCUT2D eigenvalue weighted by Crippen LogP contribution is 2.13. The van der Waals surface area contributed by atoms with Gasteiger partial charge in [-0.15, -0.1) is 0 Å². The van der Waals surface area contributed by atoms with E-state index in [2.05, 4.69) is 6.07 Å². The molecule has 0 aliphatic rings. The maximum absolute atomic E-state index is 10.0. The highest BCUT2D eigenvalue weighted by atomic mass is 16.5. The monoisotopic (exact) mass is 293 g/mol. The maximum Gasteiger partial charge on any atom is 0.119 e. The van der Waals surface area contributed by atoms with E-state index in [9.17, 15) is 5.11 Å². The molecule has 1 unspecified atom stereocenters. The molecule has 0 heterocycles. The van der Waals surface area contributed by atoms with Gasteiger partial charge in [0.2, 0.25) is 0 Å². The topological polar surface area (TPSA) is 91.7 Å². The third kappa shape index (κ3) is 7.51. The molecule has 21 heavy (non-hydrogen) atoms. The molecule has 0 aliphatic carbocycles. The standard InChI is InChI=1S/C15H23N3O3/c1-20-10-9-18(8-2-7-16)11-14(19)12-21-15-5-3-13(17)4-6-15/h3-6,14,19H,2,8-12,17H2,1H3. The van der Waals surface area contributed by atoms with Crippen molar-refractivity contribution >= 4 is 5.69 Å². The molecule has 0 radical (unpaired) electrons. The van der Waals surface area contributed by atoms with Gasteiger partial charge in [-0.3, -0.25) is 4.90 Å². The van der Waals surface area contributed by atoms with Crippen LogP contribution in [0.2, 0.25) is 0 Å². The molecule has 0 saturated carbocycles. The smallest absolute Gasteiger partial charge is 0.119 e. The predicted molar refractivity (Wildman–Crippen MR) is 80.9 cm³/mol. The summed E-state index contributed by atoms with van der Waals surface area (Å²) in [5, 5.41) is 18.7. The molecule has 1 rings (SSSR count). The molecular weight excluding hydrogens is 270 g/mol. The van der Waals surface area contributed by atoms with E-state index in [4.69, 9.17) is 20.5 Å². The average molecular weight is 293 g/mol. The fraction of sp³-hybridized carbons (Fsp3) is 0.533. The van der Waals surface area contributed by atoms with E-state index in [0.717, 1.165) is 0 Å². The van der Waals surface area contributed by atoms with Gasteiger partial charge in [0.15, 0.2) is 0 Å². The van der Waals surface area contributed by atoms with E-state index in [1.807, 2.05) is 4.90 Å². The molecule has 0 aliphatic heterocycles. The van der Waals surface area contributed by atoms with Gasteiger partial charge < -0.3 is 20.3 Å². The molecule has 0 bridgehead atoms. The summed E-state index contributed by atoms with van der Waals surface area (Å²) in [6, 6.07) is 9.13. The minimum Gasteiger partial charge on any atom is -0.491 e. The summed E-state index contributed by atoms with van der Waals surface area (Å²) in [7, 11) is 1.63. The molecule has 1 aromatic rings. The van der Waals surface area contributed by atoms with Crippen molar-refractivity contribution in [1.29, 1.82) is 5.26 Å². The van der Waals surface area contributed by atoms with Crippen molar-refractivity contribution < 1.29 is 14.6 Å².